The summed E-state index contributed by atoms with van der Waals surface area (Å²) in [6.45, 7) is 4.30. The highest BCUT2D eigenvalue weighted by molar-refractivity contribution is 5.85. The van der Waals surface area contributed by atoms with E-state index in [4.69, 9.17) is 5.73 Å². The van der Waals surface area contributed by atoms with Crippen molar-refractivity contribution in [3.8, 4) is 0 Å². The Morgan fingerprint density at radius 2 is 1.79 bits per heavy atom. The van der Waals surface area contributed by atoms with Crippen molar-refractivity contribution in [2.45, 2.75) is 38.6 Å². The minimum Gasteiger partial charge on any atom is -0.322 e. The molecule has 0 aromatic heterocycles. The van der Waals surface area contributed by atoms with Crippen molar-refractivity contribution in [3.63, 3.8) is 0 Å². The lowest BCUT2D eigenvalue weighted by atomic mass is 9.88. The van der Waals surface area contributed by atoms with Gasteiger partial charge in [-0.1, -0.05) is 50.1 Å². The predicted molar refractivity (Wildman–Crippen MR) is 64.8 cm³/mol. The Balaban J connectivity index is 0.00000169. The van der Waals surface area contributed by atoms with Gasteiger partial charge in [0, 0.05) is 5.54 Å². The lowest BCUT2D eigenvalue weighted by Crippen LogP contribution is -2.32. The van der Waals surface area contributed by atoms with E-state index in [9.17, 15) is 0 Å². The van der Waals surface area contributed by atoms with Gasteiger partial charge < -0.3 is 5.73 Å². The molecule has 0 aliphatic heterocycles. The van der Waals surface area contributed by atoms with Crippen molar-refractivity contribution in [2.24, 2.45) is 5.73 Å². The molecule has 1 atom stereocenters. The molecule has 14 heavy (non-hydrogen) atoms. The molecule has 0 radical (unpaired) electrons. The van der Waals surface area contributed by atoms with Gasteiger partial charge in [0.15, 0.2) is 0 Å². The fourth-order valence-corrected chi connectivity index (χ4v) is 1.51. The average Bonchev–Trinajstić information content (AvgIpc) is 2.16. The molecule has 0 fully saturated rings. The van der Waals surface area contributed by atoms with Crippen LogP contribution in [0.5, 0.6) is 0 Å². The van der Waals surface area contributed by atoms with Gasteiger partial charge in [0.05, 0.1) is 0 Å². The topological polar surface area (TPSA) is 26.0 Å². The lowest BCUT2D eigenvalue weighted by Gasteiger charge is -2.24. The number of rotatable bonds is 4. The van der Waals surface area contributed by atoms with Crippen LogP contribution in [0.4, 0.5) is 0 Å². The molecule has 1 nitrogen and oxygen atoms in total. The van der Waals surface area contributed by atoms with Crippen molar-refractivity contribution in [3.05, 3.63) is 35.9 Å². The van der Waals surface area contributed by atoms with E-state index < -0.39 is 0 Å². The van der Waals surface area contributed by atoms with E-state index in [1.165, 1.54) is 18.4 Å². The zero-order chi connectivity index (χ0) is 9.73. The zero-order valence-corrected chi connectivity index (χ0v) is 9.81. The normalized spacial score (nSPS) is 14.2. The van der Waals surface area contributed by atoms with E-state index in [1.807, 2.05) is 18.2 Å². The number of halogens is 1. The highest BCUT2D eigenvalue weighted by Gasteiger charge is 2.19. The molecule has 1 rings (SSSR count). The fraction of sp³-hybridized carbons (Fsp3) is 0.500. The van der Waals surface area contributed by atoms with E-state index in [0.717, 1.165) is 6.42 Å². The summed E-state index contributed by atoms with van der Waals surface area (Å²) in [5.41, 5.74) is 7.31. The SMILES string of the molecule is CCCC[C@@](C)(N)c1ccccc1.Cl. The van der Waals surface area contributed by atoms with Gasteiger partial charge in [0.25, 0.3) is 0 Å². The first-order chi connectivity index (χ1) is 6.17. The van der Waals surface area contributed by atoms with Gasteiger partial charge in [-0.2, -0.15) is 0 Å². The minimum atomic E-state index is -0.155. The van der Waals surface area contributed by atoms with Gasteiger partial charge in [0.1, 0.15) is 0 Å². The molecular weight excluding hydrogens is 194 g/mol. The van der Waals surface area contributed by atoms with E-state index in [-0.39, 0.29) is 17.9 Å². The molecule has 2 N–H and O–H groups in total. The highest BCUT2D eigenvalue weighted by atomic mass is 35.5. The Morgan fingerprint density at radius 1 is 1.21 bits per heavy atom. The average molecular weight is 214 g/mol. The van der Waals surface area contributed by atoms with Gasteiger partial charge in [-0.3, -0.25) is 0 Å². The molecule has 0 spiro atoms. The van der Waals surface area contributed by atoms with E-state index in [2.05, 4.69) is 26.0 Å². The summed E-state index contributed by atoms with van der Waals surface area (Å²) in [4.78, 5) is 0. The summed E-state index contributed by atoms with van der Waals surface area (Å²) in [6.07, 6.45) is 3.47. The largest absolute Gasteiger partial charge is 0.322 e. The van der Waals surface area contributed by atoms with Crippen molar-refractivity contribution in [1.29, 1.82) is 0 Å². The van der Waals surface area contributed by atoms with Crippen LogP contribution in [0.15, 0.2) is 30.3 Å². The summed E-state index contributed by atoms with van der Waals surface area (Å²) in [7, 11) is 0. The molecule has 0 aliphatic rings. The molecular formula is C12H20ClN. The number of hydrogen-bond donors (Lipinski definition) is 1. The first-order valence-electron chi connectivity index (χ1n) is 5.01. The third-order valence-corrected chi connectivity index (χ3v) is 2.48. The second-order valence-corrected chi connectivity index (χ2v) is 3.89. The molecule has 0 amide bonds. The third-order valence-electron chi connectivity index (χ3n) is 2.48. The Kier molecular flexibility index (Phi) is 5.82. The molecule has 0 heterocycles. The maximum absolute atomic E-state index is 6.22. The molecule has 0 aliphatic carbocycles. The minimum absolute atomic E-state index is 0. The molecule has 1 aromatic rings. The predicted octanol–water partition coefficient (Wildman–Crippen LogP) is 3.47. The molecule has 0 saturated heterocycles. The Labute approximate surface area is 93.1 Å². The summed E-state index contributed by atoms with van der Waals surface area (Å²) < 4.78 is 0. The van der Waals surface area contributed by atoms with Crippen LogP contribution < -0.4 is 5.73 Å². The monoisotopic (exact) mass is 213 g/mol. The van der Waals surface area contributed by atoms with Crippen LogP contribution in [0.3, 0.4) is 0 Å². The van der Waals surface area contributed by atoms with Crippen LogP contribution in [0.1, 0.15) is 38.7 Å². The number of hydrogen-bond acceptors (Lipinski definition) is 1. The van der Waals surface area contributed by atoms with E-state index in [0.29, 0.717) is 0 Å². The van der Waals surface area contributed by atoms with Crippen LogP contribution in [0, 0.1) is 0 Å². The van der Waals surface area contributed by atoms with E-state index >= 15 is 0 Å². The van der Waals surface area contributed by atoms with Crippen LogP contribution in [-0.2, 0) is 5.54 Å². The number of unbranched alkanes of at least 4 members (excludes halogenated alkanes) is 1. The van der Waals surface area contributed by atoms with Gasteiger partial charge in [-0.25, -0.2) is 0 Å². The quantitative estimate of drug-likeness (QED) is 0.815. The zero-order valence-electron chi connectivity index (χ0n) is 8.99. The smallest absolute Gasteiger partial charge is 0.0381 e. The fourth-order valence-electron chi connectivity index (χ4n) is 1.51. The summed E-state index contributed by atoms with van der Waals surface area (Å²) in [5, 5.41) is 0. The summed E-state index contributed by atoms with van der Waals surface area (Å²) >= 11 is 0. The van der Waals surface area contributed by atoms with Crippen LogP contribution in [0.2, 0.25) is 0 Å². The maximum Gasteiger partial charge on any atom is 0.0381 e. The Morgan fingerprint density at radius 3 is 2.29 bits per heavy atom. The molecule has 1 aromatic carbocycles. The van der Waals surface area contributed by atoms with Crippen LogP contribution in [-0.4, -0.2) is 0 Å². The summed E-state index contributed by atoms with van der Waals surface area (Å²) in [6, 6.07) is 10.3. The third kappa shape index (κ3) is 3.69. The van der Waals surface area contributed by atoms with Crippen molar-refractivity contribution in [1.82, 2.24) is 0 Å². The second kappa shape index (κ2) is 6.05. The Bertz CT molecular complexity index is 244. The first-order valence-corrected chi connectivity index (χ1v) is 5.01. The van der Waals surface area contributed by atoms with Crippen LogP contribution in [0.25, 0.3) is 0 Å². The van der Waals surface area contributed by atoms with Crippen LogP contribution >= 0.6 is 12.4 Å². The van der Waals surface area contributed by atoms with Crippen molar-refractivity contribution in [2.75, 3.05) is 0 Å². The van der Waals surface area contributed by atoms with Gasteiger partial charge in [-0.05, 0) is 18.9 Å². The Hall–Kier alpha value is -0.530. The highest BCUT2D eigenvalue weighted by Crippen LogP contribution is 2.23. The second-order valence-electron chi connectivity index (χ2n) is 3.89. The first kappa shape index (κ1) is 13.5. The number of nitrogens with two attached hydrogens (primary N) is 1. The lowest BCUT2D eigenvalue weighted by molar-refractivity contribution is 0.433. The number of benzene rings is 1. The van der Waals surface area contributed by atoms with Gasteiger partial charge in [-0.15, -0.1) is 12.4 Å². The molecule has 0 unspecified atom stereocenters. The standard InChI is InChI=1S/C12H19N.ClH/c1-3-4-10-12(2,13)11-8-6-5-7-9-11;/h5-9H,3-4,10,13H2,1-2H3;1H/t12-;/m1./s1. The van der Waals surface area contributed by atoms with Crippen molar-refractivity contribution < 1.29 is 0 Å². The van der Waals surface area contributed by atoms with E-state index in [1.54, 1.807) is 0 Å². The van der Waals surface area contributed by atoms with Crippen molar-refractivity contribution >= 4 is 12.4 Å². The molecule has 2 heteroatoms. The summed E-state index contributed by atoms with van der Waals surface area (Å²) in [5.74, 6) is 0. The van der Waals surface area contributed by atoms with Gasteiger partial charge >= 0.3 is 0 Å². The molecule has 0 bridgehead atoms. The molecule has 80 valence electrons. The molecule has 0 saturated carbocycles. The van der Waals surface area contributed by atoms with Gasteiger partial charge in [0.2, 0.25) is 0 Å². The maximum atomic E-state index is 6.22.